The molecule has 0 bridgehead atoms. The Labute approximate surface area is 188 Å². The molecule has 0 aliphatic rings. The van der Waals surface area contributed by atoms with Gasteiger partial charge in [-0.05, 0) is 55.9 Å². The van der Waals surface area contributed by atoms with Gasteiger partial charge in [0.15, 0.2) is 0 Å². The Morgan fingerprint density at radius 1 is 0.406 bits per heavy atom. The highest BCUT2D eigenvalue weighted by Crippen LogP contribution is 2.30. The lowest BCUT2D eigenvalue weighted by Crippen LogP contribution is -1.77. The van der Waals surface area contributed by atoms with Crippen molar-refractivity contribution in [2.24, 2.45) is 0 Å². The fourth-order valence-corrected chi connectivity index (χ4v) is 4.01. The van der Waals surface area contributed by atoms with E-state index in [9.17, 15) is 10.2 Å². The quantitative estimate of drug-likeness (QED) is 0.243. The molecule has 2 N–H and O–H groups in total. The minimum absolute atomic E-state index is 0.318. The molecule has 6 rings (SSSR count). The molecule has 0 saturated carbocycles. The number of hydrogen-bond acceptors (Lipinski definition) is 2. The Morgan fingerprint density at radius 3 is 1.59 bits per heavy atom. The highest BCUT2D eigenvalue weighted by molar-refractivity contribution is 6.09. The fraction of sp³-hybridized carbons (Fsp3) is 0.0667. The Kier molecular flexibility index (Phi) is 6.23. The van der Waals surface area contributed by atoms with Crippen molar-refractivity contribution in [2.45, 2.75) is 13.8 Å². The van der Waals surface area contributed by atoms with E-state index in [0.29, 0.717) is 11.5 Å². The summed E-state index contributed by atoms with van der Waals surface area (Å²) >= 11 is 0. The van der Waals surface area contributed by atoms with E-state index in [4.69, 9.17) is 0 Å². The number of fused-ring (bicyclic) bond motifs is 6. The molecule has 6 aromatic rings. The summed E-state index contributed by atoms with van der Waals surface area (Å²) in [7, 11) is 0. The smallest absolute Gasteiger partial charge is 0.123 e. The highest BCUT2D eigenvalue weighted by Gasteiger charge is 2.02. The third-order valence-corrected chi connectivity index (χ3v) is 5.49. The van der Waals surface area contributed by atoms with Crippen LogP contribution in [-0.2, 0) is 0 Å². The maximum atomic E-state index is 9.73. The molecule has 0 aromatic heterocycles. The van der Waals surface area contributed by atoms with E-state index in [1.807, 2.05) is 74.5 Å². The van der Waals surface area contributed by atoms with Crippen LogP contribution in [0, 0.1) is 0 Å². The zero-order valence-corrected chi connectivity index (χ0v) is 18.3. The van der Waals surface area contributed by atoms with E-state index < -0.39 is 0 Å². The van der Waals surface area contributed by atoms with Crippen LogP contribution in [0.1, 0.15) is 13.8 Å². The van der Waals surface area contributed by atoms with Gasteiger partial charge in [0.1, 0.15) is 11.5 Å². The van der Waals surface area contributed by atoms with E-state index >= 15 is 0 Å². The maximum Gasteiger partial charge on any atom is 0.123 e. The maximum absolute atomic E-state index is 9.73. The predicted molar refractivity (Wildman–Crippen MR) is 138 cm³/mol. The van der Waals surface area contributed by atoms with Gasteiger partial charge >= 0.3 is 0 Å². The standard InChI is InChI=1S/2C14H10O.C2H6/c15-14-7-3-6-12-11-5-2-1-4-10(11)8-9-13(12)14;15-12-8-7-11-6-5-10-3-1-2-4-13(10)14(11)9-12;1-2/h2*1-9,15H;1-2H3. The van der Waals surface area contributed by atoms with Crippen LogP contribution in [0.15, 0.2) is 109 Å². The molecule has 0 heterocycles. The largest absolute Gasteiger partial charge is 0.508 e. The second-order valence-electron chi connectivity index (χ2n) is 7.35. The summed E-state index contributed by atoms with van der Waals surface area (Å²) in [6.45, 7) is 4.00. The van der Waals surface area contributed by atoms with Gasteiger partial charge in [0.05, 0.1) is 0 Å². The minimum atomic E-state index is 0.318. The van der Waals surface area contributed by atoms with Gasteiger partial charge in [0.2, 0.25) is 0 Å². The number of phenolic OH excluding ortho intramolecular Hbond substituents is 2. The molecule has 6 aromatic carbocycles. The first-order valence-corrected chi connectivity index (χ1v) is 10.9. The van der Waals surface area contributed by atoms with Gasteiger partial charge in [-0.3, -0.25) is 0 Å². The summed E-state index contributed by atoms with van der Waals surface area (Å²) in [5.74, 6) is 0.664. The molecule has 0 radical (unpaired) electrons. The zero-order chi connectivity index (χ0) is 22.5. The second-order valence-corrected chi connectivity index (χ2v) is 7.35. The van der Waals surface area contributed by atoms with Crippen molar-refractivity contribution < 1.29 is 10.2 Å². The topological polar surface area (TPSA) is 40.5 Å². The van der Waals surface area contributed by atoms with Crippen molar-refractivity contribution in [3.05, 3.63) is 109 Å². The van der Waals surface area contributed by atoms with Gasteiger partial charge in [0, 0.05) is 5.39 Å². The molecule has 0 fully saturated rings. The Balaban J connectivity index is 0.000000142. The molecule has 0 saturated heterocycles. The summed E-state index contributed by atoms with van der Waals surface area (Å²) in [4.78, 5) is 0. The van der Waals surface area contributed by atoms with Crippen molar-refractivity contribution in [1.82, 2.24) is 0 Å². The van der Waals surface area contributed by atoms with Gasteiger partial charge in [-0.15, -0.1) is 0 Å². The highest BCUT2D eigenvalue weighted by atomic mass is 16.3. The lowest BCUT2D eigenvalue weighted by Gasteiger charge is -2.04. The fourth-order valence-electron chi connectivity index (χ4n) is 4.01. The van der Waals surface area contributed by atoms with E-state index in [2.05, 4.69) is 36.4 Å². The van der Waals surface area contributed by atoms with Crippen LogP contribution in [0.25, 0.3) is 43.1 Å². The van der Waals surface area contributed by atoms with E-state index in [0.717, 1.165) is 21.5 Å². The van der Waals surface area contributed by atoms with Crippen molar-refractivity contribution >= 4 is 43.1 Å². The van der Waals surface area contributed by atoms with E-state index in [-0.39, 0.29) is 0 Å². The molecule has 32 heavy (non-hydrogen) atoms. The third-order valence-electron chi connectivity index (χ3n) is 5.49. The number of aromatic hydroxyl groups is 2. The molecule has 2 nitrogen and oxygen atoms in total. The molecule has 158 valence electrons. The zero-order valence-electron chi connectivity index (χ0n) is 18.3. The Bertz CT molecular complexity index is 1470. The summed E-state index contributed by atoms with van der Waals surface area (Å²) in [5, 5.41) is 28.3. The van der Waals surface area contributed by atoms with Crippen molar-refractivity contribution in [2.75, 3.05) is 0 Å². The summed E-state index contributed by atoms with van der Waals surface area (Å²) in [5.41, 5.74) is 0. The Hall–Kier alpha value is -4.04. The van der Waals surface area contributed by atoms with E-state index in [1.54, 1.807) is 12.1 Å². The van der Waals surface area contributed by atoms with Gasteiger partial charge in [-0.25, -0.2) is 0 Å². The lowest BCUT2D eigenvalue weighted by molar-refractivity contribution is 0.476. The van der Waals surface area contributed by atoms with Crippen molar-refractivity contribution in [1.29, 1.82) is 0 Å². The molecule has 0 aliphatic heterocycles. The Morgan fingerprint density at radius 2 is 0.906 bits per heavy atom. The van der Waals surface area contributed by atoms with Crippen molar-refractivity contribution in [3.63, 3.8) is 0 Å². The first-order chi connectivity index (χ1) is 15.7. The summed E-state index contributed by atoms with van der Waals surface area (Å²) < 4.78 is 0. The number of hydrogen-bond donors (Lipinski definition) is 2. The molecular formula is C30H26O2. The van der Waals surface area contributed by atoms with E-state index in [1.165, 1.54) is 21.5 Å². The van der Waals surface area contributed by atoms with Crippen LogP contribution in [0.4, 0.5) is 0 Å². The van der Waals surface area contributed by atoms with Crippen LogP contribution >= 0.6 is 0 Å². The summed E-state index contributed by atoms with van der Waals surface area (Å²) in [6.07, 6.45) is 0. The summed E-state index contributed by atoms with van der Waals surface area (Å²) in [6, 6.07) is 35.7. The minimum Gasteiger partial charge on any atom is -0.508 e. The van der Waals surface area contributed by atoms with Crippen LogP contribution in [0.5, 0.6) is 11.5 Å². The van der Waals surface area contributed by atoms with Crippen LogP contribution in [0.3, 0.4) is 0 Å². The average molecular weight is 419 g/mol. The van der Waals surface area contributed by atoms with Gasteiger partial charge in [-0.1, -0.05) is 105 Å². The molecular weight excluding hydrogens is 392 g/mol. The third kappa shape index (κ3) is 4.08. The molecule has 0 atom stereocenters. The second kappa shape index (κ2) is 9.40. The number of phenols is 2. The average Bonchev–Trinajstić information content (AvgIpc) is 2.86. The van der Waals surface area contributed by atoms with Crippen LogP contribution in [0.2, 0.25) is 0 Å². The molecule has 2 heteroatoms. The van der Waals surface area contributed by atoms with Gasteiger partial charge < -0.3 is 10.2 Å². The lowest BCUT2D eigenvalue weighted by atomic mass is 10.0. The predicted octanol–water partition coefficient (Wildman–Crippen LogP) is 8.42. The number of rotatable bonds is 0. The first-order valence-electron chi connectivity index (χ1n) is 10.9. The van der Waals surface area contributed by atoms with Crippen molar-refractivity contribution in [3.8, 4) is 11.5 Å². The monoisotopic (exact) mass is 418 g/mol. The SMILES string of the molecule is CC.Oc1ccc2ccc3ccccc3c2c1.Oc1cccc2c1ccc1ccccc12. The van der Waals surface area contributed by atoms with Gasteiger partial charge in [-0.2, -0.15) is 0 Å². The first kappa shape index (κ1) is 21.2. The molecule has 0 spiro atoms. The van der Waals surface area contributed by atoms with Crippen LogP contribution < -0.4 is 0 Å². The molecule has 0 amide bonds. The van der Waals surface area contributed by atoms with Crippen LogP contribution in [-0.4, -0.2) is 10.2 Å². The molecule has 0 unspecified atom stereocenters. The number of benzene rings is 6. The normalized spacial score (nSPS) is 10.4. The van der Waals surface area contributed by atoms with Gasteiger partial charge in [0.25, 0.3) is 0 Å². The molecule has 0 aliphatic carbocycles.